The molecule has 0 saturated heterocycles. The van der Waals surface area contributed by atoms with Crippen molar-refractivity contribution in [2.75, 3.05) is 11.9 Å². The fourth-order valence-corrected chi connectivity index (χ4v) is 3.53. The van der Waals surface area contributed by atoms with Gasteiger partial charge < -0.3 is 14.6 Å². The van der Waals surface area contributed by atoms with E-state index in [2.05, 4.69) is 10.3 Å². The van der Waals surface area contributed by atoms with E-state index in [4.69, 9.17) is 4.74 Å². The monoisotopic (exact) mass is 427 g/mol. The first kappa shape index (κ1) is 21.0. The second-order valence-electron chi connectivity index (χ2n) is 7.34. The molecule has 0 fully saturated rings. The number of fused-ring (bicyclic) bond motifs is 1. The van der Waals surface area contributed by atoms with Gasteiger partial charge in [-0.05, 0) is 36.1 Å². The second kappa shape index (κ2) is 8.85. The number of nitrogens with zero attached hydrogens (tertiary/aromatic N) is 2. The lowest BCUT2D eigenvalue weighted by atomic mass is 9.96. The number of anilines is 1. The second-order valence-corrected chi connectivity index (χ2v) is 7.34. The summed E-state index contributed by atoms with van der Waals surface area (Å²) in [5, 5.41) is 3.70. The van der Waals surface area contributed by atoms with Crippen molar-refractivity contribution in [1.82, 2.24) is 9.55 Å². The third-order valence-corrected chi connectivity index (χ3v) is 5.10. The molecule has 32 heavy (non-hydrogen) atoms. The Bertz CT molecular complexity index is 1360. The molecule has 0 unspecified atom stereocenters. The largest absolute Gasteiger partial charge is 0.451 e. The zero-order chi connectivity index (χ0) is 22.7. The predicted octanol–water partition coefficient (Wildman–Crippen LogP) is 3.70. The zero-order valence-electron chi connectivity index (χ0n) is 17.7. The van der Waals surface area contributed by atoms with Gasteiger partial charge in [-0.2, -0.15) is 0 Å². The van der Waals surface area contributed by atoms with E-state index in [0.717, 1.165) is 11.1 Å². The van der Waals surface area contributed by atoms with Gasteiger partial charge >= 0.3 is 5.97 Å². The third-order valence-electron chi connectivity index (χ3n) is 5.10. The summed E-state index contributed by atoms with van der Waals surface area (Å²) in [6, 6.07) is 19.9. The molecule has 7 heteroatoms. The Hall–Kier alpha value is -4.26. The van der Waals surface area contributed by atoms with Crippen molar-refractivity contribution in [3.8, 4) is 11.1 Å². The number of hydrogen-bond acceptors (Lipinski definition) is 5. The molecular formula is C25H21N3O4. The van der Waals surface area contributed by atoms with Crippen LogP contribution in [0, 0.1) is 6.92 Å². The van der Waals surface area contributed by atoms with Crippen LogP contribution in [0.4, 0.5) is 5.82 Å². The Morgan fingerprint density at radius 2 is 1.66 bits per heavy atom. The number of aromatic nitrogens is 2. The van der Waals surface area contributed by atoms with E-state index in [9.17, 15) is 14.4 Å². The molecule has 0 aliphatic carbocycles. The maximum atomic E-state index is 13.1. The highest BCUT2D eigenvalue weighted by Gasteiger charge is 2.23. The number of amides is 1. The van der Waals surface area contributed by atoms with Crippen LogP contribution in [0.1, 0.15) is 16.1 Å². The summed E-state index contributed by atoms with van der Waals surface area (Å²) >= 11 is 0. The third kappa shape index (κ3) is 4.13. The molecule has 1 N–H and O–H groups in total. The number of hydrogen-bond donors (Lipinski definition) is 1. The summed E-state index contributed by atoms with van der Waals surface area (Å²) in [6.07, 6.45) is 1.54. The van der Waals surface area contributed by atoms with Crippen LogP contribution < -0.4 is 10.9 Å². The van der Waals surface area contributed by atoms with Crippen LogP contribution >= 0.6 is 0 Å². The lowest BCUT2D eigenvalue weighted by Crippen LogP contribution is -2.28. The summed E-state index contributed by atoms with van der Waals surface area (Å²) in [5.41, 5.74) is 2.19. The number of esters is 1. The Morgan fingerprint density at radius 1 is 0.969 bits per heavy atom. The van der Waals surface area contributed by atoms with Gasteiger partial charge in [-0.3, -0.25) is 9.59 Å². The van der Waals surface area contributed by atoms with Crippen molar-refractivity contribution in [3.05, 3.63) is 94.5 Å². The first-order valence-electron chi connectivity index (χ1n) is 10.0. The van der Waals surface area contributed by atoms with E-state index in [1.54, 1.807) is 42.6 Å². The van der Waals surface area contributed by atoms with Crippen LogP contribution in [0.25, 0.3) is 21.9 Å². The fraction of sp³-hybridized carbons (Fsp3) is 0.120. The summed E-state index contributed by atoms with van der Waals surface area (Å²) in [6.45, 7) is 1.46. The number of nitrogens with one attached hydrogen (secondary N) is 1. The van der Waals surface area contributed by atoms with Gasteiger partial charge in [0.05, 0.1) is 0 Å². The maximum Gasteiger partial charge on any atom is 0.356 e. The van der Waals surface area contributed by atoms with Gasteiger partial charge in [0.15, 0.2) is 6.61 Å². The molecule has 160 valence electrons. The molecule has 0 bridgehead atoms. The van der Waals surface area contributed by atoms with Gasteiger partial charge in [0.2, 0.25) is 0 Å². The molecule has 0 saturated carbocycles. The molecule has 0 spiro atoms. The molecular weight excluding hydrogens is 406 g/mol. The molecule has 4 aromatic rings. The normalized spacial score (nSPS) is 10.7. The summed E-state index contributed by atoms with van der Waals surface area (Å²) in [5.74, 6) is -0.936. The predicted molar refractivity (Wildman–Crippen MR) is 123 cm³/mol. The fourth-order valence-electron chi connectivity index (χ4n) is 3.53. The molecule has 0 aliphatic heterocycles. The van der Waals surface area contributed by atoms with Gasteiger partial charge in [0.25, 0.3) is 11.5 Å². The minimum Gasteiger partial charge on any atom is -0.451 e. The van der Waals surface area contributed by atoms with Crippen LogP contribution in [0.15, 0.2) is 77.7 Å². The van der Waals surface area contributed by atoms with Crippen LogP contribution in [-0.4, -0.2) is 28.0 Å². The molecule has 2 heterocycles. The molecule has 1 amide bonds. The van der Waals surface area contributed by atoms with E-state index >= 15 is 0 Å². The molecule has 7 nitrogen and oxygen atoms in total. The first-order chi connectivity index (χ1) is 15.5. The van der Waals surface area contributed by atoms with E-state index in [-0.39, 0.29) is 11.3 Å². The van der Waals surface area contributed by atoms with Gasteiger partial charge in [-0.15, -0.1) is 0 Å². The Morgan fingerprint density at radius 3 is 2.34 bits per heavy atom. The number of pyridine rings is 2. The zero-order valence-corrected chi connectivity index (χ0v) is 17.7. The van der Waals surface area contributed by atoms with Crippen molar-refractivity contribution in [3.63, 3.8) is 0 Å². The highest BCUT2D eigenvalue weighted by molar-refractivity contribution is 6.07. The molecule has 0 radical (unpaired) electrons. The molecule has 2 aromatic heterocycles. The van der Waals surface area contributed by atoms with E-state index in [1.165, 1.54) is 11.6 Å². The Kier molecular flexibility index (Phi) is 5.81. The molecule has 0 atom stereocenters. The molecule has 4 rings (SSSR count). The van der Waals surface area contributed by atoms with Gasteiger partial charge in [0, 0.05) is 24.2 Å². The number of aryl methyl sites for hydroxylation is 1. The summed E-state index contributed by atoms with van der Waals surface area (Å²) in [4.78, 5) is 42.3. The number of ether oxygens (including phenoxy) is 1. The quantitative estimate of drug-likeness (QED) is 0.491. The molecule has 2 aromatic carbocycles. The van der Waals surface area contributed by atoms with Crippen molar-refractivity contribution >= 4 is 28.5 Å². The number of rotatable bonds is 5. The van der Waals surface area contributed by atoms with Crippen molar-refractivity contribution in [2.24, 2.45) is 7.05 Å². The minimum atomic E-state index is -0.762. The van der Waals surface area contributed by atoms with Gasteiger partial charge in [0.1, 0.15) is 11.5 Å². The lowest BCUT2D eigenvalue weighted by Gasteiger charge is -2.17. The van der Waals surface area contributed by atoms with Crippen molar-refractivity contribution in [2.45, 2.75) is 6.92 Å². The SMILES string of the molecule is Cc1ccc(-c2c(C(=O)OCC(=O)Nc3ccccn3)n(C)c(=O)c3ccccc23)cc1. The standard InChI is InChI=1S/C25H21N3O4/c1-16-10-12-17(13-11-16)22-18-7-3-4-8-19(18)24(30)28(2)23(22)25(31)32-15-21(29)27-20-9-5-6-14-26-20/h3-14H,15H2,1-2H3,(H,26,27,29). The van der Waals surface area contributed by atoms with Crippen LogP contribution in [-0.2, 0) is 16.6 Å². The Balaban J connectivity index is 1.72. The minimum absolute atomic E-state index is 0.0863. The van der Waals surface area contributed by atoms with Crippen LogP contribution in [0.5, 0.6) is 0 Å². The summed E-state index contributed by atoms with van der Waals surface area (Å²) in [7, 11) is 1.52. The lowest BCUT2D eigenvalue weighted by molar-refractivity contribution is -0.119. The first-order valence-corrected chi connectivity index (χ1v) is 10.0. The summed E-state index contributed by atoms with van der Waals surface area (Å²) < 4.78 is 6.57. The van der Waals surface area contributed by atoms with E-state index in [1.807, 2.05) is 37.3 Å². The van der Waals surface area contributed by atoms with Gasteiger partial charge in [-0.25, -0.2) is 9.78 Å². The highest BCUT2D eigenvalue weighted by Crippen LogP contribution is 2.31. The molecule has 0 aliphatic rings. The van der Waals surface area contributed by atoms with Gasteiger partial charge in [-0.1, -0.05) is 54.1 Å². The average molecular weight is 427 g/mol. The number of benzene rings is 2. The maximum absolute atomic E-state index is 13.1. The van der Waals surface area contributed by atoms with Crippen LogP contribution in [0.2, 0.25) is 0 Å². The Labute approximate surface area is 184 Å². The van der Waals surface area contributed by atoms with E-state index in [0.29, 0.717) is 22.2 Å². The van der Waals surface area contributed by atoms with Crippen molar-refractivity contribution in [1.29, 1.82) is 0 Å². The number of carbonyl (C=O) groups excluding carboxylic acids is 2. The number of carbonyl (C=O) groups is 2. The topological polar surface area (TPSA) is 90.3 Å². The van der Waals surface area contributed by atoms with E-state index < -0.39 is 18.5 Å². The smallest absolute Gasteiger partial charge is 0.356 e. The average Bonchev–Trinajstić information content (AvgIpc) is 2.81. The van der Waals surface area contributed by atoms with Crippen LogP contribution in [0.3, 0.4) is 0 Å². The highest BCUT2D eigenvalue weighted by atomic mass is 16.5. The van der Waals surface area contributed by atoms with Crippen molar-refractivity contribution < 1.29 is 14.3 Å².